The van der Waals surface area contributed by atoms with Crippen LogP contribution in [0.25, 0.3) is 11.1 Å². The van der Waals surface area contributed by atoms with Crippen LogP contribution in [-0.4, -0.2) is 13.2 Å². The van der Waals surface area contributed by atoms with Crippen molar-refractivity contribution in [2.75, 3.05) is 7.11 Å². The topological polar surface area (TPSA) is 35.2 Å². The molecule has 0 amide bonds. The molecule has 2 heteroatoms. The number of aryl methyl sites for hydroxylation is 1. The van der Waals surface area contributed by atoms with Crippen LogP contribution in [0.3, 0.4) is 0 Å². The molecule has 0 bridgehead atoms. The molecule has 0 fully saturated rings. The molecule has 100 valence electrons. The van der Waals surface area contributed by atoms with Gasteiger partial charge in [0.25, 0.3) is 0 Å². The van der Waals surface area contributed by atoms with Crippen LogP contribution >= 0.6 is 0 Å². The Labute approximate surface area is 115 Å². The van der Waals surface area contributed by atoms with Crippen LogP contribution in [0.1, 0.15) is 18.1 Å². The van der Waals surface area contributed by atoms with Gasteiger partial charge in [0.1, 0.15) is 5.75 Å². The lowest BCUT2D eigenvalue weighted by molar-refractivity contribution is 0.416. The summed E-state index contributed by atoms with van der Waals surface area (Å²) in [6, 6.07) is 15.0. The maximum absolute atomic E-state index is 5.82. The van der Waals surface area contributed by atoms with E-state index in [4.69, 9.17) is 10.5 Å². The molecule has 2 aromatic rings. The van der Waals surface area contributed by atoms with Crippen molar-refractivity contribution in [2.45, 2.75) is 26.3 Å². The SMILES string of the molecule is COc1ccc(C)cc1-c1ccc(CC(C)N)cc1. The van der Waals surface area contributed by atoms with Crippen LogP contribution in [0, 0.1) is 6.92 Å². The molecule has 0 spiro atoms. The van der Waals surface area contributed by atoms with E-state index in [0.717, 1.165) is 17.7 Å². The fraction of sp³-hybridized carbons (Fsp3) is 0.294. The summed E-state index contributed by atoms with van der Waals surface area (Å²) in [5, 5.41) is 0. The Hall–Kier alpha value is -1.80. The Kier molecular flexibility index (Phi) is 4.23. The van der Waals surface area contributed by atoms with Crippen LogP contribution in [0.2, 0.25) is 0 Å². The molecule has 19 heavy (non-hydrogen) atoms. The van der Waals surface area contributed by atoms with Crippen LogP contribution < -0.4 is 10.5 Å². The molecule has 2 rings (SSSR count). The van der Waals surface area contributed by atoms with Crippen molar-refractivity contribution in [2.24, 2.45) is 5.73 Å². The highest BCUT2D eigenvalue weighted by molar-refractivity contribution is 5.71. The van der Waals surface area contributed by atoms with Gasteiger partial charge in [0.15, 0.2) is 0 Å². The first kappa shape index (κ1) is 13.6. The molecule has 2 N–H and O–H groups in total. The van der Waals surface area contributed by atoms with Crippen molar-refractivity contribution < 1.29 is 4.74 Å². The first-order valence-electron chi connectivity index (χ1n) is 6.59. The molecule has 0 saturated carbocycles. The van der Waals surface area contributed by atoms with Gasteiger partial charge in [-0.05, 0) is 43.5 Å². The average molecular weight is 255 g/mol. The molecule has 1 unspecified atom stereocenters. The number of ether oxygens (including phenoxy) is 1. The van der Waals surface area contributed by atoms with Gasteiger partial charge in [0.05, 0.1) is 7.11 Å². The Morgan fingerprint density at radius 1 is 1.11 bits per heavy atom. The molecular weight excluding hydrogens is 234 g/mol. The van der Waals surface area contributed by atoms with Crippen molar-refractivity contribution >= 4 is 0 Å². The third-order valence-electron chi connectivity index (χ3n) is 3.18. The summed E-state index contributed by atoms with van der Waals surface area (Å²) in [5.74, 6) is 0.908. The largest absolute Gasteiger partial charge is 0.496 e. The molecule has 0 aliphatic heterocycles. The van der Waals surface area contributed by atoms with Crippen LogP contribution in [0.4, 0.5) is 0 Å². The van der Waals surface area contributed by atoms with Crippen LogP contribution in [0.15, 0.2) is 42.5 Å². The van der Waals surface area contributed by atoms with E-state index >= 15 is 0 Å². The monoisotopic (exact) mass is 255 g/mol. The van der Waals surface area contributed by atoms with E-state index in [1.54, 1.807) is 7.11 Å². The minimum Gasteiger partial charge on any atom is -0.496 e. The van der Waals surface area contributed by atoms with Gasteiger partial charge in [-0.25, -0.2) is 0 Å². The predicted molar refractivity (Wildman–Crippen MR) is 80.5 cm³/mol. The zero-order valence-corrected chi connectivity index (χ0v) is 11.8. The standard InChI is InChI=1S/C17H21NO/c1-12-4-9-17(19-3)16(10-12)15-7-5-14(6-8-15)11-13(2)18/h4-10,13H,11,18H2,1-3H3. The summed E-state index contributed by atoms with van der Waals surface area (Å²) < 4.78 is 5.43. The molecule has 1 atom stereocenters. The van der Waals surface area contributed by atoms with Crippen LogP contribution in [0.5, 0.6) is 5.75 Å². The molecule has 0 heterocycles. The molecule has 0 saturated heterocycles. The van der Waals surface area contributed by atoms with Crippen molar-refractivity contribution in [3.8, 4) is 16.9 Å². The number of methoxy groups -OCH3 is 1. The lowest BCUT2D eigenvalue weighted by Gasteiger charge is -2.11. The van der Waals surface area contributed by atoms with Crippen molar-refractivity contribution in [1.29, 1.82) is 0 Å². The first-order chi connectivity index (χ1) is 9.10. The zero-order chi connectivity index (χ0) is 13.8. The number of hydrogen-bond acceptors (Lipinski definition) is 2. The lowest BCUT2D eigenvalue weighted by atomic mass is 9.99. The maximum atomic E-state index is 5.82. The summed E-state index contributed by atoms with van der Waals surface area (Å²) in [6.45, 7) is 4.12. The molecule has 0 aromatic heterocycles. The van der Waals surface area contributed by atoms with E-state index in [0.29, 0.717) is 0 Å². The van der Waals surface area contributed by atoms with E-state index < -0.39 is 0 Å². The van der Waals surface area contributed by atoms with Gasteiger partial charge in [-0.2, -0.15) is 0 Å². The number of hydrogen-bond donors (Lipinski definition) is 1. The van der Waals surface area contributed by atoms with E-state index in [-0.39, 0.29) is 6.04 Å². The second-order valence-corrected chi connectivity index (χ2v) is 5.08. The normalized spacial score (nSPS) is 12.2. The minimum atomic E-state index is 0.194. The summed E-state index contributed by atoms with van der Waals surface area (Å²) >= 11 is 0. The number of nitrogens with two attached hydrogens (primary N) is 1. The quantitative estimate of drug-likeness (QED) is 0.906. The zero-order valence-electron chi connectivity index (χ0n) is 11.8. The highest BCUT2D eigenvalue weighted by Crippen LogP contribution is 2.31. The summed E-state index contributed by atoms with van der Waals surface area (Å²) in [4.78, 5) is 0. The summed E-state index contributed by atoms with van der Waals surface area (Å²) in [5.41, 5.74) is 10.6. The minimum absolute atomic E-state index is 0.194. The number of rotatable bonds is 4. The van der Waals surface area contributed by atoms with Gasteiger partial charge in [-0.3, -0.25) is 0 Å². The van der Waals surface area contributed by atoms with E-state index in [1.165, 1.54) is 16.7 Å². The number of benzene rings is 2. The van der Waals surface area contributed by atoms with Gasteiger partial charge in [0.2, 0.25) is 0 Å². The third-order valence-corrected chi connectivity index (χ3v) is 3.18. The molecule has 0 radical (unpaired) electrons. The molecule has 0 aliphatic rings. The lowest BCUT2D eigenvalue weighted by Crippen LogP contribution is -2.17. The average Bonchev–Trinajstić information content (AvgIpc) is 2.39. The Morgan fingerprint density at radius 3 is 2.37 bits per heavy atom. The highest BCUT2D eigenvalue weighted by atomic mass is 16.5. The maximum Gasteiger partial charge on any atom is 0.126 e. The fourth-order valence-electron chi connectivity index (χ4n) is 2.24. The second-order valence-electron chi connectivity index (χ2n) is 5.08. The highest BCUT2D eigenvalue weighted by Gasteiger charge is 2.06. The molecule has 0 aliphatic carbocycles. The second kappa shape index (κ2) is 5.89. The molecular formula is C17H21NO. The van der Waals surface area contributed by atoms with Gasteiger partial charge < -0.3 is 10.5 Å². The van der Waals surface area contributed by atoms with Crippen molar-refractivity contribution in [3.63, 3.8) is 0 Å². The van der Waals surface area contributed by atoms with Crippen molar-refractivity contribution in [1.82, 2.24) is 0 Å². The van der Waals surface area contributed by atoms with E-state index in [1.807, 2.05) is 13.0 Å². The van der Waals surface area contributed by atoms with Gasteiger partial charge >= 0.3 is 0 Å². The third kappa shape index (κ3) is 3.36. The first-order valence-corrected chi connectivity index (χ1v) is 6.59. The van der Waals surface area contributed by atoms with E-state index in [2.05, 4.69) is 43.3 Å². The molecule has 2 aromatic carbocycles. The molecule has 2 nitrogen and oxygen atoms in total. The van der Waals surface area contributed by atoms with Crippen LogP contribution in [-0.2, 0) is 6.42 Å². The van der Waals surface area contributed by atoms with Gasteiger partial charge in [-0.1, -0.05) is 35.9 Å². The van der Waals surface area contributed by atoms with Crippen molar-refractivity contribution in [3.05, 3.63) is 53.6 Å². The smallest absolute Gasteiger partial charge is 0.126 e. The Balaban J connectivity index is 2.34. The van der Waals surface area contributed by atoms with Gasteiger partial charge in [0, 0.05) is 11.6 Å². The van der Waals surface area contributed by atoms with Gasteiger partial charge in [-0.15, -0.1) is 0 Å². The summed E-state index contributed by atoms with van der Waals surface area (Å²) in [7, 11) is 1.71. The predicted octanol–water partition coefficient (Wildman–Crippen LogP) is 3.56. The summed E-state index contributed by atoms with van der Waals surface area (Å²) in [6.07, 6.45) is 0.908. The van der Waals surface area contributed by atoms with E-state index in [9.17, 15) is 0 Å². The Bertz CT molecular complexity index is 544. The fourth-order valence-corrected chi connectivity index (χ4v) is 2.24. The Morgan fingerprint density at radius 2 is 1.79 bits per heavy atom.